The second-order valence-electron chi connectivity index (χ2n) is 5.37. The van der Waals surface area contributed by atoms with Gasteiger partial charge in [0.1, 0.15) is 17.5 Å². The van der Waals surface area contributed by atoms with Gasteiger partial charge in [-0.2, -0.15) is 17.5 Å². The summed E-state index contributed by atoms with van der Waals surface area (Å²) in [6.45, 7) is -0.235. The topological polar surface area (TPSA) is 59.5 Å². The van der Waals surface area contributed by atoms with E-state index in [0.29, 0.717) is 0 Å². The first-order valence-corrected chi connectivity index (χ1v) is 8.56. The molecule has 10 heteroatoms. The molecule has 0 spiro atoms. The Hall–Kier alpha value is -2.20. The maximum Gasteiger partial charge on any atom is 0.421 e. The van der Waals surface area contributed by atoms with Gasteiger partial charge in [0, 0.05) is 6.20 Å². The van der Waals surface area contributed by atoms with Gasteiger partial charge < -0.3 is 4.74 Å². The fraction of sp³-hybridized carbons (Fsp3) is 0.267. The Morgan fingerprint density at radius 3 is 2.36 bits per heavy atom. The number of pyridine rings is 1. The second kappa shape index (κ2) is 6.26. The van der Waals surface area contributed by atoms with Crippen LogP contribution in [0.1, 0.15) is 5.56 Å². The van der Waals surface area contributed by atoms with Gasteiger partial charge in [0.15, 0.2) is 0 Å². The number of ether oxygens (including phenoxy) is 1. The zero-order valence-corrected chi connectivity index (χ0v) is 13.4. The molecule has 5 nitrogen and oxygen atoms in total. The summed E-state index contributed by atoms with van der Waals surface area (Å²) in [6, 6.07) is 6.27. The third-order valence-corrected chi connectivity index (χ3v) is 5.47. The van der Waals surface area contributed by atoms with Gasteiger partial charge in [-0.3, -0.25) is 0 Å². The number of sulfonamides is 1. The second-order valence-corrected chi connectivity index (χ2v) is 7.31. The minimum atomic E-state index is -4.62. The summed E-state index contributed by atoms with van der Waals surface area (Å²) < 4.78 is 82.4. The third kappa shape index (κ3) is 3.59. The quantitative estimate of drug-likeness (QED) is 0.770. The Kier molecular flexibility index (Phi) is 4.41. The molecule has 0 aliphatic carbocycles. The van der Waals surface area contributed by atoms with Crippen molar-refractivity contribution in [2.24, 2.45) is 0 Å². The van der Waals surface area contributed by atoms with Crippen LogP contribution in [-0.2, 0) is 16.2 Å². The molecule has 1 aliphatic rings. The van der Waals surface area contributed by atoms with Crippen molar-refractivity contribution >= 4 is 10.0 Å². The number of benzene rings is 1. The summed E-state index contributed by atoms with van der Waals surface area (Å²) in [5.74, 6) is -1.16. The van der Waals surface area contributed by atoms with Gasteiger partial charge in [0.2, 0.25) is 15.9 Å². The zero-order valence-electron chi connectivity index (χ0n) is 12.6. The summed E-state index contributed by atoms with van der Waals surface area (Å²) in [6.07, 6.45) is -4.20. The lowest BCUT2D eigenvalue weighted by atomic mass is 10.2. The van der Waals surface area contributed by atoms with Crippen molar-refractivity contribution in [3.63, 3.8) is 0 Å². The first kappa shape index (κ1) is 17.6. The van der Waals surface area contributed by atoms with Crippen LogP contribution >= 0.6 is 0 Å². The fourth-order valence-corrected chi connectivity index (χ4v) is 3.79. The van der Waals surface area contributed by atoms with Gasteiger partial charge in [0.05, 0.1) is 18.0 Å². The predicted molar refractivity (Wildman–Crippen MR) is 78.8 cm³/mol. The van der Waals surface area contributed by atoms with E-state index in [0.717, 1.165) is 46.9 Å². The highest BCUT2D eigenvalue weighted by atomic mass is 32.2. The molecular weight excluding hydrogens is 364 g/mol. The molecule has 0 amide bonds. The summed E-state index contributed by atoms with van der Waals surface area (Å²) in [4.78, 5) is 3.47. The minimum absolute atomic E-state index is 0.0961. The summed E-state index contributed by atoms with van der Waals surface area (Å²) in [5, 5.41) is 0. The van der Waals surface area contributed by atoms with Crippen molar-refractivity contribution in [3.05, 3.63) is 54.0 Å². The van der Waals surface area contributed by atoms with Crippen LogP contribution in [0.15, 0.2) is 47.5 Å². The van der Waals surface area contributed by atoms with Crippen LogP contribution in [0.25, 0.3) is 0 Å². The average Bonchev–Trinajstić information content (AvgIpc) is 2.50. The Bertz CT molecular complexity index is 863. The van der Waals surface area contributed by atoms with E-state index in [-0.39, 0.29) is 18.0 Å². The molecule has 0 N–H and O–H groups in total. The molecule has 1 aromatic carbocycles. The number of rotatable bonds is 4. The Balaban J connectivity index is 1.69. The van der Waals surface area contributed by atoms with Gasteiger partial charge in [-0.1, -0.05) is 0 Å². The molecule has 1 aromatic heterocycles. The smallest absolute Gasteiger partial charge is 0.421 e. The maximum absolute atomic E-state index is 12.9. The number of hydrogen-bond acceptors (Lipinski definition) is 4. The minimum Gasteiger partial charge on any atom is -0.471 e. The van der Waals surface area contributed by atoms with Crippen molar-refractivity contribution in [1.82, 2.24) is 9.29 Å². The molecule has 1 saturated heterocycles. The van der Waals surface area contributed by atoms with E-state index in [1.807, 2.05) is 0 Å². The van der Waals surface area contributed by atoms with E-state index >= 15 is 0 Å². The highest BCUT2D eigenvalue weighted by Crippen LogP contribution is 2.35. The lowest BCUT2D eigenvalue weighted by molar-refractivity contribution is -0.140. The molecule has 25 heavy (non-hydrogen) atoms. The van der Waals surface area contributed by atoms with Crippen LogP contribution < -0.4 is 4.74 Å². The molecule has 0 bridgehead atoms. The van der Waals surface area contributed by atoms with Gasteiger partial charge in [-0.15, -0.1) is 0 Å². The van der Waals surface area contributed by atoms with E-state index in [1.165, 1.54) is 0 Å². The number of hydrogen-bond donors (Lipinski definition) is 0. The molecule has 0 saturated carbocycles. The van der Waals surface area contributed by atoms with Gasteiger partial charge >= 0.3 is 6.18 Å². The summed E-state index contributed by atoms with van der Waals surface area (Å²) >= 11 is 0. The largest absolute Gasteiger partial charge is 0.471 e. The number of nitrogens with zero attached hydrogens (tertiary/aromatic N) is 2. The van der Waals surface area contributed by atoms with E-state index in [9.17, 15) is 26.0 Å². The third-order valence-electron chi connectivity index (χ3n) is 3.62. The van der Waals surface area contributed by atoms with E-state index in [4.69, 9.17) is 4.74 Å². The molecule has 0 unspecified atom stereocenters. The zero-order chi connectivity index (χ0) is 18.2. The van der Waals surface area contributed by atoms with Crippen LogP contribution in [-0.4, -0.2) is 36.9 Å². The molecule has 0 atom stereocenters. The van der Waals surface area contributed by atoms with Crippen molar-refractivity contribution in [1.29, 1.82) is 0 Å². The summed E-state index contributed by atoms with van der Waals surface area (Å²) in [7, 11) is -3.84. The van der Waals surface area contributed by atoms with Gasteiger partial charge in [-0.25, -0.2) is 17.8 Å². The molecule has 3 rings (SSSR count). The van der Waals surface area contributed by atoms with Crippen LogP contribution in [0.2, 0.25) is 0 Å². The molecular formula is C15H12F4N2O3S. The molecule has 2 heterocycles. The normalized spacial score (nSPS) is 16.5. The highest BCUT2D eigenvalue weighted by Gasteiger charge is 2.41. The highest BCUT2D eigenvalue weighted by molar-refractivity contribution is 7.89. The maximum atomic E-state index is 12.9. The lowest BCUT2D eigenvalue weighted by Crippen LogP contribution is -2.56. The van der Waals surface area contributed by atoms with Crippen molar-refractivity contribution in [2.45, 2.75) is 17.2 Å². The molecule has 0 radical (unpaired) electrons. The van der Waals surface area contributed by atoms with Gasteiger partial charge in [0.25, 0.3) is 0 Å². The average molecular weight is 376 g/mol. The van der Waals surface area contributed by atoms with E-state index in [2.05, 4.69) is 4.98 Å². The predicted octanol–water partition coefficient (Wildman–Crippen LogP) is 2.69. The summed E-state index contributed by atoms with van der Waals surface area (Å²) in [5.41, 5.74) is -1.02. The van der Waals surface area contributed by atoms with Crippen molar-refractivity contribution in [2.75, 3.05) is 13.1 Å². The Labute approximate surface area is 140 Å². The van der Waals surface area contributed by atoms with Crippen LogP contribution in [0.5, 0.6) is 5.88 Å². The van der Waals surface area contributed by atoms with Crippen LogP contribution in [0.3, 0.4) is 0 Å². The fourth-order valence-electron chi connectivity index (χ4n) is 2.29. The van der Waals surface area contributed by atoms with Crippen LogP contribution in [0.4, 0.5) is 17.6 Å². The molecule has 134 valence electrons. The van der Waals surface area contributed by atoms with E-state index in [1.54, 1.807) is 0 Å². The standard InChI is InChI=1S/C15H12F4N2O3S/c16-10-3-5-12(6-4-10)25(22,23)21-8-11(9-21)24-14-13(15(17,18)19)2-1-7-20-14/h1-7,11H,8-9H2. The molecule has 2 aromatic rings. The van der Waals surface area contributed by atoms with E-state index < -0.39 is 39.6 Å². The number of aromatic nitrogens is 1. The molecule has 1 aliphatic heterocycles. The Morgan fingerprint density at radius 2 is 1.76 bits per heavy atom. The number of alkyl halides is 3. The van der Waals surface area contributed by atoms with Crippen molar-refractivity contribution in [3.8, 4) is 5.88 Å². The van der Waals surface area contributed by atoms with Crippen LogP contribution in [0, 0.1) is 5.82 Å². The lowest BCUT2D eigenvalue weighted by Gasteiger charge is -2.37. The first-order valence-electron chi connectivity index (χ1n) is 7.12. The van der Waals surface area contributed by atoms with Gasteiger partial charge in [-0.05, 0) is 36.4 Å². The monoisotopic (exact) mass is 376 g/mol. The van der Waals surface area contributed by atoms with Crippen molar-refractivity contribution < 1.29 is 30.7 Å². The number of halogens is 4. The SMILES string of the molecule is O=S(=O)(c1ccc(F)cc1)N1CC(Oc2ncccc2C(F)(F)F)C1. The Morgan fingerprint density at radius 1 is 1.12 bits per heavy atom. The molecule has 1 fully saturated rings. The first-order chi connectivity index (χ1) is 11.7.